The zero-order valence-corrected chi connectivity index (χ0v) is 9.04. The minimum absolute atomic E-state index is 0.0808. The topological polar surface area (TPSA) is 82.2 Å². The first-order chi connectivity index (χ1) is 7.56. The largest absolute Gasteiger partial charge is 0.394 e. The van der Waals surface area contributed by atoms with Crippen LogP contribution in [-0.2, 0) is 0 Å². The summed E-state index contributed by atoms with van der Waals surface area (Å²) in [7, 11) is 0. The second-order valence-electron chi connectivity index (χ2n) is 4.28. The highest BCUT2D eigenvalue weighted by molar-refractivity contribution is 5.94. The van der Waals surface area contributed by atoms with Crippen molar-refractivity contribution < 1.29 is 9.90 Å². The number of rotatable bonds is 3. The summed E-state index contributed by atoms with van der Waals surface area (Å²) in [5, 5.41) is 11.7. The predicted octanol–water partition coefficient (Wildman–Crippen LogP) is -0.0620. The number of aromatic amines is 1. The average molecular weight is 222 g/mol. The summed E-state index contributed by atoms with van der Waals surface area (Å²) in [4.78, 5) is 25.8. The number of amides is 1. The van der Waals surface area contributed by atoms with Crippen LogP contribution < -0.4 is 10.9 Å². The van der Waals surface area contributed by atoms with Crippen molar-refractivity contribution in [2.24, 2.45) is 0 Å². The van der Waals surface area contributed by atoms with E-state index >= 15 is 0 Å². The van der Waals surface area contributed by atoms with Crippen LogP contribution >= 0.6 is 0 Å². The smallest absolute Gasteiger partial charge is 0.260 e. The lowest BCUT2D eigenvalue weighted by Crippen LogP contribution is -2.41. The van der Waals surface area contributed by atoms with Gasteiger partial charge in [0.05, 0.1) is 12.1 Å². The number of carbonyl (C=O) groups is 1. The summed E-state index contributed by atoms with van der Waals surface area (Å²) in [6.45, 7) is 1.67. The lowest BCUT2D eigenvalue weighted by Gasteiger charge is -2.13. The van der Waals surface area contributed by atoms with E-state index in [4.69, 9.17) is 5.11 Å². The van der Waals surface area contributed by atoms with E-state index in [0.29, 0.717) is 5.69 Å². The van der Waals surface area contributed by atoms with Crippen LogP contribution in [0.1, 0.15) is 28.9 Å². The minimum atomic E-state index is -0.492. The summed E-state index contributed by atoms with van der Waals surface area (Å²) in [5.41, 5.74) is -0.0876. The first kappa shape index (κ1) is 10.9. The van der Waals surface area contributed by atoms with Gasteiger partial charge in [-0.05, 0) is 31.9 Å². The van der Waals surface area contributed by atoms with E-state index in [1.54, 1.807) is 13.0 Å². The van der Waals surface area contributed by atoms with Crippen LogP contribution in [0.3, 0.4) is 0 Å². The second-order valence-corrected chi connectivity index (χ2v) is 4.28. The number of carbonyl (C=O) groups excluding carboxylic acids is 1. The molecule has 5 nitrogen and oxygen atoms in total. The predicted molar refractivity (Wildman–Crippen MR) is 58.3 cm³/mol. The van der Waals surface area contributed by atoms with Crippen LogP contribution in [0.5, 0.6) is 0 Å². The van der Waals surface area contributed by atoms with Crippen LogP contribution in [0.15, 0.2) is 16.9 Å². The summed E-state index contributed by atoms with van der Waals surface area (Å²) < 4.78 is 0. The van der Waals surface area contributed by atoms with Gasteiger partial charge in [0.25, 0.3) is 11.5 Å². The molecule has 1 aromatic heterocycles. The fourth-order valence-electron chi connectivity index (χ4n) is 1.53. The van der Waals surface area contributed by atoms with E-state index < -0.39 is 17.0 Å². The fourth-order valence-corrected chi connectivity index (χ4v) is 1.53. The van der Waals surface area contributed by atoms with E-state index in [-0.39, 0.29) is 12.2 Å². The molecule has 1 heterocycles. The summed E-state index contributed by atoms with van der Waals surface area (Å²) in [5.74, 6) is -0.423. The van der Waals surface area contributed by atoms with Gasteiger partial charge < -0.3 is 15.4 Å². The van der Waals surface area contributed by atoms with Crippen LogP contribution in [0.2, 0.25) is 0 Å². The lowest BCUT2D eigenvalue weighted by atomic mass is 10.2. The highest BCUT2D eigenvalue weighted by Crippen LogP contribution is 2.34. The molecule has 0 saturated heterocycles. The second kappa shape index (κ2) is 3.75. The number of H-pyrrole nitrogens is 1. The molecule has 0 unspecified atom stereocenters. The molecule has 1 amide bonds. The van der Waals surface area contributed by atoms with E-state index in [9.17, 15) is 9.59 Å². The molecule has 1 aliphatic rings. The fraction of sp³-hybridized carbons (Fsp3) is 0.455. The Hall–Kier alpha value is -1.62. The third-order valence-corrected chi connectivity index (χ3v) is 2.83. The van der Waals surface area contributed by atoms with Gasteiger partial charge in [-0.15, -0.1) is 0 Å². The van der Waals surface area contributed by atoms with Crippen LogP contribution in [0.4, 0.5) is 0 Å². The number of aryl methyl sites for hydroxylation is 1. The van der Waals surface area contributed by atoms with Crippen molar-refractivity contribution in [1.29, 1.82) is 0 Å². The highest BCUT2D eigenvalue weighted by atomic mass is 16.3. The maximum absolute atomic E-state index is 11.7. The Balaban J connectivity index is 2.18. The Labute approximate surface area is 92.5 Å². The number of pyridine rings is 1. The first-order valence-corrected chi connectivity index (χ1v) is 5.20. The summed E-state index contributed by atoms with van der Waals surface area (Å²) in [6.07, 6.45) is 1.53. The normalized spacial score (nSPS) is 16.9. The molecule has 1 saturated carbocycles. The molecule has 0 atom stereocenters. The van der Waals surface area contributed by atoms with E-state index in [1.807, 2.05) is 0 Å². The zero-order chi connectivity index (χ0) is 11.8. The quantitative estimate of drug-likeness (QED) is 0.670. The Kier molecular flexibility index (Phi) is 2.55. The molecular formula is C11H14N2O3. The van der Waals surface area contributed by atoms with Gasteiger partial charge in [0.2, 0.25) is 0 Å². The standard InChI is InChI=1S/C11H14N2O3/c1-7-2-3-8(9(15)12-7)10(16)13-11(6-14)4-5-11/h2-3,14H,4-6H2,1H3,(H,12,15)(H,13,16). The molecule has 1 fully saturated rings. The number of aliphatic hydroxyl groups is 1. The van der Waals surface area contributed by atoms with Crippen molar-refractivity contribution in [2.75, 3.05) is 6.61 Å². The van der Waals surface area contributed by atoms with Crippen LogP contribution in [-0.4, -0.2) is 28.1 Å². The van der Waals surface area contributed by atoms with Gasteiger partial charge in [-0.2, -0.15) is 0 Å². The molecule has 0 aromatic carbocycles. The van der Waals surface area contributed by atoms with Crippen molar-refractivity contribution in [3.05, 3.63) is 33.7 Å². The van der Waals surface area contributed by atoms with Crippen molar-refractivity contribution in [3.8, 4) is 0 Å². The SMILES string of the molecule is Cc1ccc(C(=O)NC2(CO)CC2)c(=O)[nH]1. The average Bonchev–Trinajstić information content (AvgIpc) is 2.98. The number of aromatic nitrogens is 1. The number of hydrogen-bond donors (Lipinski definition) is 3. The highest BCUT2D eigenvalue weighted by Gasteiger charge is 2.43. The van der Waals surface area contributed by atoms with Crippen molar-refractivity contribution in [1.82, 2.24) is 10.3 Å². The lowest BCUT2D eigenvalue weighted by molar-refractivity contribution is 0.0905. The number of nitrogens with one attached hydrogen (secondary N) is 2. The van der Waals surface area contributed by atoms with Gasteiger partial charge in [-0.25, -0.2) is 0 Å². The van der Waals surface area contributed by atoms with Crippen LogP contribution in [0.25, 0.3) is 0 Å². The van der Waals surface area contributed by atoms with Gasteiger partial charge in [-0.3, -0.25) is 9.59 Å². The van der Waals surface area contributed by atoms with Gasteiger partial charge >= 0.3 is 0 Å². The van der Waals surface area contributed by atoms with Crippen molar-refractivity contribution in [2.45, 2.75) is 25.3 Å². The van der Waals surface area contributed by atoms with E-state index in [0.717, 1.165) is 12.8 Å². The maximum atomic E-state index is 11.7. The third kappa shape index (κ3) is 1.99. The molecule has 0 radical (unpaired) electrons. The zero-order valence-electron chi connectivity index (χ0n) is 9.04. The van der Waals surface area contributed by atoms with E-state index in [2.05, 4.69) is 10.3 Å². The molecule has 3 N–H and O–H groups in total. The monoisotopic (exact) mass is 222 g/mol. The summed E-state index contributed by atoms with van der Waals surface area (Å²) >= 11 is 0. The third-order valence-electron chi connectivity index (χ3n) is 2.83. The first-order valence-electron chi connectivity index (χ1n) is 5.20. The molecule has 16 heavy (non-hydrogen) atoms. The molecule has 1 aliphatic carbocycles. The van der Waals surface area contributed by atoms with E-state index in [1.165, 1.54) is 6.07 Å². The van der Waals surface area contributed by atoms with Gasteiger partial charge in [0, 0.05) is 5.69 Å². The Morgan fingerprint density at radius 3 is 2.75 bits per heavy atom. The molecule has 1 aromatic rings. The number of hydrogen-bond acceptors (Lipinski definition) is 3. The maximum Gasteiger partial charge on any atom is 0.260 e. The van der Waals surface area contributed by atoms with Crippen LogP contribution in [0, 0.1) is 6.92 Å². The van der Waals surface area contributed by atoms with Gasteiger partial charge in [0.15, 0.2) is 0 Å². The molecule has 2 rings (SSSR count). The Morgan fingerprint density at radius 2 is 2.25 bits per heavy atom. The molecule has 0 aliphatic heterocycles. The molecule has 0 bridgehead atoms. The minimum Gasteiger partial charge on any atom is -0.394 e. The molecule has 0 spiro atoms. The Morgan fingerprint density at radius 1 is 1.56 bits per heavy atom. The number of aliphatic hydroxyl groups excluding tert-OH is 1. The molecular weight excluding hydrogens is 208 g/mol. The van der Waals surface area contributed by atoms with Gasteiger partial charge in [0.1, 0.15) is 5.56 Å². The summed E-state index contributed by atoms with van der Waals surface area (Å²) in [6, 6.07) is 3.17. The van der Waals surface area contributed by atoms with Crippen molar-refractivity contribution in [3.63, 3.8) is 0 Å². The molecule has 86 valence electrons. The van der Waals surface area contributed by atoms with Crippen molar-refractivity contribution >= 4 is 5.91 Å². The Bertz CT molecular complexity index is 474. The molecule has 5 heteroatoms. The van der Waals surface area contributed by atoms with Gasteiger partial charge in [-0.1, -0.05) is 0 Å².